The molecule has 4 nitrogen and oxygen atoms in total. The first-order chi connectivity index (χ1) is 8.22. The first-order valence-corrected chi connectivity index (χ1v) is 5.62. The largest absolute Gasteiger partial charge is 0.387 e. The monoisotopic (exact) mass is 231 g/mol. The molecule has 2 N–H and O–H groups in total. The lowest BCUT2D eigenvalue weighted by molar-refractivity contribution is 0.178. The first-order valence-electron chi connectivity index (χ1n) is 5.62. The molecular weight excluding hydrogens is 214 g/mol. The molecule has 2 aromatic rings. The Hall–Kier alpha value is -1.65. The van der Waals surface area contributed by atoms with Crippen LogP contribution in [0.1, 0.15) is 11.7 Å². The summed E-state index contributed by atoms with van der Waals surface area (Å²) >= 11 is 0. The standard InChI is InChI=1S/C13H17N3O/c1-14-9-12(17)10-3-5-11(6-4-10)13-15-7-8-16(13)2/h3-8,12,14,17H,9H2,1-2H3. The normalized spacial score (nSPS) is 12.6. The van der Waals surface area contributed by atoms with Crippen molar-refractivity contribution in [3.05, 3.63) is 42.2 Å². The molecule has 2 rings (SSSR count). The Bertz CT molecular complexity index is 476. The summed E-state index contributed by atoms with van der Waals surface area (Å²) in [6, 6.07) is 7.84. The van der Waals surface area contributed by atoms with Gasteiger partial charge in [0.25, 0.3) is 0 Å². The van der Waals surface area contributed by atoms with Crippen LogP contribution < -0.4 is 5.32 Å². The third-order valence-electron chi connectivity index (χ3n) is 2.77. The lowest BCUT2D eigenvalue weighted by Gasteiger charge is -2.10. The van der Waals surface area contributed by atoms with Gasteiger partial charge in [-0.2, -0.15) is 0 Å². The minimum absolute atomic E-state index is 0.463. The summed E-state index contributed by atoms with van der Waals surface area (Å²) < 4.78 is 1.97. The molecule has 0 saturated heterocycles. The van der Waals surface area contributed by atoms with Gasteiger partial charge in [-0.15, -0.1) is 0 Å². The molecule has 0 aliphatic heterocycles. The minimum atomic E-state index is -0.463. The Morgan fingerprint density at radius 3 is 2.59 bits per heavy atom. The second-order valence-electron chi connectivity index (χ2n) is 4.06. The van der Waals surface area contributed by atoms with Gasteiger partial charge in [0, 0.05) is 31.5 Å². The number of rotatable bonds is 4. The van der Waals surface area contributed by atoms with E-state index in [1.165, 1.54) is 0 Å². The number of imidazole rings is 1. The van der Waals surface area contributed by atoms with E-state index in [1.54, 1.807) is 6.20 Å². The van der Waals surface area contributed by atoms with Crippen LogP contribution in [0.25, 0.3) is 11.4 Å². The van der Waals surface area contributed by atoms with E-state index in [0.717, 1.165) is 17.0 Å². The molecular formula is C13H17N3O. The van der Waals surface area contributed by atoms with Crippen LogP contribution in [0.3, 0.4) is 0 Å². The molecule has 1 aromatic carbocycles. The van der Waals surface area contributed by atoms with Gasteiger partial charge in [-0.3, -0.25) is 0 Å². The Morgan fingerprint density at radius 2 is 2.06 bits per heavy atom. The van der Waals surface area contributed by atoms with E-state index in [1.807, 2.05) is 49.1 Å². The van der Waals surface area contributed by atoms with E-state index >= 15 is 0 Å². The number of hydrogen-bond acceptors (Lipinski definition) is 3. The zero-order chi connectivity index (χ0) is 12.3. The van der Waals surface area contributed by atoms with Crippen LogP contribution in [0, 0.1) is 0 Å². The van der Waals surface area contributed by atoms with Crippen molar-refractivity contribution >= 4 is 0 Å². The molecule has 0 saturated carbocycles. The highest BCUT2D eigenvalue weighted by molar-refractivity contribution is 5.56. The average molecular weight is 231 g/mol. The van der Waals surface area contributed by atoms with E-state index in [2.05, 4.69) is 10.3 Å². The van der Waals surface area contributed by atoms with Crippen molar-refractivity contribution < 1.29 is 5.11 Å². The number of aromatic nitrogens is 2. The molecule has 1 atom stereocenters. The molecule has 0 spiro atoms. The maximum atomic E-state index is 9.81. The molecule has 1 aromatic heterocycles. The number of nitrogens with zero attached hydrogens (tertiary/aromatic N) is 2. The lowest BCUT2D eigenvalue weighted by atomic mass is 10.1. The van der Waals surface area contributed by atoms with Gasteiger partial charge < -0.3 is 15.0 Å². The Labute approximate surface area is 101 Å². The number of aliphatic hydroxyl groups excluding tert-OH is 1. The van der Waals surface area contributed by atoms with Gasteiger partial charge in [0.1, 0.15) is 5.82 Å². The van der Waals surface area contributed by atoms with Gasteiger partial charge in [-0.05, 0) is 12.6 Å². The van der Waals surface area contributed by atoms with Crippen molar-refractivity contribution in [1.29, 1.82) is 0 Å². The fourth-order valence-corrected chi connectivity index (χ4v) is 1.81. The van der Waals surface area contributed by atoms with Crippen LogP contribution in [0.15, 0.2) is 36.7 Å². The SMILES string of the molecule is CNCC(O)c1ccc(-c2nccn2C)cc1. The van der Waals surface area contributed by atoms with E-state index in [9.17, 15) is 5.11 Å². The third-order valence-corrected chi connectivity index (χ3v) is 2.77. The summed E-state index contributed by atoms with van der Waals surface area (Å²) in [7, 11) is 3.79. The van der Waals surface area contributed by atoms with Crippen molar-refractivity contribution in [2.24, 2.45) is 7.05 Å². The quantitative estimate of drug-likeness (QED) is 0.835. The highest BCUT2D eigenvalue weighted by Crippen LogP contribution is 2.19. The Balaban J connectivity index is 2.21. The maximum absolute atomic E-state index is 9.81. The summed E-state index contributed by atoms with van der Waals surface area (Å²) in [5.74, 6) is 0.930. The van der Waals surface area contributed by atoms with Gasteiger partial charge >= 0.3 is 0 Å². The van der Waals surface area contributed by atoms with Crippen molar-refractivity contribution in [2.45, 2.75) is 6.10 Å². The number of benzene rings is 1. The fourth-order valence-electron chi connectivity index (χ4n) is 1.81. The zero-order valence-corrected chi connectivity index (χ0v) is 10.1. The third kappa shape index (κ3) is 2.54. The Morgan fingerprint density at radius 1 is 1.35 bits per heavy atom. The van der Waals surface area contributed by atoms with Gasteiger partial charge in [0.05, 0.1) is 6.10 Å². The topological polar surface area (TPSA) is 50.1 Å². The van der Waals surface area contributed by atoms with Crippen LogP contribution in [-0.4, -0.2) is 28.3 Å². The van der Waals surface area contributed by atoms with Crippen LogP contribution in [0.5, 0.6) is 0 Å². The molecule has 1 heterocycles. The van der Waals surface area contributed by atoms with Gasteiger partial charge in [-0.25, -0.2) is 4.98 Å². The van der Waals surface area contributed by atoms with E-state index in [0.29, 0.717) is 6.54 Å². The van der Waals surface area contributed by atoms with Crippen LogP contribution in [0.4, 0.5) is 0 Å². The summed E-state index contributed by atoms with van der Waals surface area (Å²) in [6.45, 7) is 0.557. The van der Waals surface area contributed by atoms with Gasteiger partial charge in [0.2, 0.25) is 0 Å². The molecule has 0 aliphatic rings. The predicted octanol–water partition coefficient (Wildman–Crippen LogP) is 1.34. The fraction of sp³-hybridized carbons (Fsp3) is 0.308. The molecule has 0 fully saturated rings. The molecule has 0 amide bonds. The van der Waals surface area contributed by atoms with Crippen LogP contribution in [0.2, 0.25) is 0 Å². The minimum Gasteiger partial charge on any atom is -0.387 e. The maximum Gasteiger partial charge on any atom is 0.139 e. The van der Waals surface area contributed by atoms with E-state index < -0.39 is 6.10 Å². The summed E-state index contributed by atoms with van der Waals surface area (Å²) in [6.07, 6.45) is 3.23. The number of nitrogens with one attached hydrogen (secondary N) is 1. The molecule has 0 aliphatic carbocycles. The van der Waals surface area contributed by atoms with Crippen LogP contribution in [-0.2, 0) is 7.05 Å². The van der Waals surface area contributed by atoms with Crippen molar-refractivity contribution in [1.82, 2.24) is 14.9 Å². The van der Waals surface area contributed by atoms with Crippen molar-refractivity contribution in [3.8, 4) is 11.4 Å². The van der Waals surface area contributed by atoms with Crippen molar-refractivity contribution in [3.63, 3.8) is 0 Å². The van der Waals surface area contributed by atoms with Crippen LogP contribution >= 0.6 is 0 Å². The molecule has 90 valence electrons. The number of hydrogen-bond donors (Lipinski definition) is 2. The van der Waals surface area contributed by atoms with E-state index in [-0.39, 0.29) is 0 Å². The van der Waals surface area contributed by atoms with Gasteiger partial charge in [0.15, 0.2) is 0 Å². The highest BCUT2D eigenvalue weighted by Gasteiger charge is 2.07. The van der Waals surface area contributed by atoms with Crippen molar-refractivity contribution in [2.75, 3.05) is 13.6 Å². The lowest BCUT2D eigenvalue weighted by Crippen LogP contribution is -2.16. The summed E-state index contributed by atoms with van der Waals surface area (Å²) in [5.41, 5.74) is 1.97. The van der Waals surface area contributed by atoms with E-state index in [4.69, 9.17) is 0 Å². The second-order valence-corrected chi connectivity index (χ2v) is 4.06. The number of aryl methyl sites for hydroxylation is 1. The molecule has 0 bridgehead atoms. The first kappa shape index (κ1) is 11.8. The smallest absolute Gasteiger partial charge is 0.139 e. The Kier molecular flexibility index (Phi) is 3.56. The molecule has 4 heteroatoms. The second kappa shape index (κ2) is 5.12. The summed E-state index contributed by atoms with van der Waals surface area (Å²) in [4.78, 5) is 4.28. The van der Waals surface area contributed by atoms with Gasteiger partial charge in [-0.1, -0.05) is 24.3 Å². The number of likely N-dealkylation sites (N-methyl/N-ethyl adjacent to an activating group) is 1. The summed E-state index contributed by atoms with van der Waals surface area (Å²) in [5, 5.41) is 12.8. The molecule has 0 radical (unpaired) electrons. The highest BCUT2D eigenvalue weighted by atomic mass is 16.3. The predicted molar refractivity (Wildman–Crippen MR) is 67.5 cm³/mol. The molecule has 17 heavy (non-hydrogen) atoms. The zero-order valence-electron chi connectivity index (χ0n) is 10.1. The average Bonchev–Trinajstić information content (AvgIpc) is 2.76. The molecule has 1 unspecified atom stereocenters. The number of aliphatic hydroxyl groups is 1.